The number of likely N-dealkylation sites (tertiary alicyclic amines) is 1. The average Bonchev–Trinajstić information content (AvgIpc) is 3.54. The summed E-state index contributed by atoms with van der Waals surface area (Å²) in [5, 5.41) is 6.54. The van der Waals surface area contributed by atoms with Crippen LogP contribution in [0.1, 0.15) is 49.4 Å². The summed E-state index contributed by atoms with van der Waals surface area (Å²) in [4.78, 5) is 15.1. The van der Waals surface area contributed by atoms with Gasteiger partial charge >= 0.3 is 52.0 Å². The van der Waals surface area contributed by atoms with Crippen LogP contribution in [0.2, 0.25) is 0 Å². The van der Waals surface area contributed by atoms with Gasteiger partial charge in [0.25, 0.3) is 0 Å². The fourth-order valence-corrected chi connectivity index (χ4v) is 7.14. The number of aromatic nitrogens is 2. The van der Waals surface area contributed by atoms with Crippen LogP contribution in [0.15, 0.2) is 18.5 Å². The van der Waals surface area contributed by atoms with E-state index in [0.29, 0.717) is 36.3 Å². The largest absolute Gasteiger partial charge is 1.00 e. The summed E-state index contributed by atoms with van der Waals surface area (Å²) in [5.41, 5.74) is 5.22. The van der Waals surface area contributed by atoms with Gasteiger partial charge in [-0.1, -0.05) is 6.07 Å². The molecule has 1 fully saturated rings. The van der Waals surface area contributed by atoms with Crippen molar-refractivity contribution in [2.45, 2.75) is 70.1 Å². The van der Waals surface area contributed by atoms with Crippen molar-refractivity contribution in [3.63, 3.8) is 0 Å². The fourth-order valence-electron chi connectivity index (χ4n) is 5.78. The van der Waals surface area contributed by atoms with Crippen LogP contribution in [0.25, 0.3) is 0 Å². The van der Waals surface area contributed by atoms with E-state index in [1.165, 1.54) is 11.1 Å². The number of piperidine rings is 1. The Bertz CT molecular complexity index is 1270. The van der Waals surface area contributed by atoms with Gasteiger partial charge in [0.1, 0.15) is 6.54 Å². The SMILES string of the molecule is CN1CCC(N(c2cnn(CC(F)(F)F)c2)S(=O)(=O)NC(=O)Nc2c3c(cc4c2CCC4)CCC3)CC1.[H-].[Na+]. The molecule has 5 rings (SSSR count). The molecule has 0 saturated carbocycles. The van der Waals surface area contributed by atoms with Gasteiger partial charge < -0.3 is 11.6 Å². The minimum Gasteiger partial charge on any atom is -1.00 e. The van der Waals surface area contributed by atoms with E-state index in [2.05, 4.69) is 21.2 Å². The number of fused-ring (bicyclic) bond motifs is 2. The Morgan fingerprint density at radius 1 is 1.13 bits per heavy atom. The number of hydrogen-bond donors (Lipinski definition) is 2. The van der Waals surface area contributed by atoms with Crippen LogP contribution in [-0.2, 0) is 42.4 Å². The van der Waals surface area contributed by atoms with Crippen LogP contribution in [0.3, 0.4) is 0 Å². The third-order valence-corrected chi connectivity index (χ3v) is 8.90. The molecule has 2 amide bonds. The van der Waals surface area contributed by atoms with E-state index < -0.39 is 35.0 Å². The summed E-state index contributed by atoms with van der Waals surface area (Å²) in [6, 6.07) is 0.801. The van der Waals surface area contributed by atoms with Crippen molar-refractivity contribution in [3.8, 4) is 0 Å². The van der Waals surface area contributed by atoms with Crippen LogP contribution in [0.4, 0.5) is 29.3 Å². The van der Waals surface area contributed by atoms with Crippen LogP contribution in [-0.4, -0.2) is 61.5 Å². The van der Waals surface area contributed by atoms with Crippen LogP contribution in [0, 0.1) is 0 Å². The monoisotopic (exact) mass is 564 g/mol. The number of nitrogens with zero attached hydrogens (tertiary/aromatic N) is 4. The molecule has 38 heavy (non-hydrogen) atoms. The zero-order valence-corrected chi connectivity index (χ0v) is 24.5. The zero-order chi connectivity index (χ0) is 26.4. The van der Waals surface area contributed by atoms with Crippen molar-refractivity contribution >= 4 is 27.6 Å². The maximum Gasteiger partial charge on any atom is 1.00 e. The van der Waals surface area contributed by atoms with Crippen molar-refractivity contribution in [1.82, 2.24) is 19.4 Å². The number of aryl methyl sites for hydroxylation is 2. The predicted molar refractivity (Wildman–Crippen MR) is 134 cm³/mol. The van der Waals surface area contributed by atoms with Gasteiger partial charge in [-0.05, 0) is 93.8 Å². The van der Waals surface area contributed by atoms with E-state index in [-0.39, 0.29) is 36.7 Å². The number of benzene rings is 1. The molecule has 204 valence electrons. The summed E-state index contributed by atoms with van der Waals surface area (Å²) >= 11 is 0. The first-order valence-electron chi connectivity index (χ1n) is 12.6. The van der Waals surface area contributed by atoms with Crippen molar-refractivity contribution in [1.29, 1.82) is 0 Å². The molecule has 2 aromatic rings. The first-order chi connectivity index (χ1) is 17.5. The Labute approximate surface area is 244 Å². The minimum atomic E-state index is -4.51. The Morgan fingerprint density at radius 3 is 2.32 bits per heavy atom. The number of carbonyl (C=O) groups excluding carboxylic acids is 1. The zero-order valence-electron chi connectivity index (χ0n) is 22.6. The van der Waals surface area contributed by atoms with E-state index in [9.17, 15) is 26.4 Å². The van der Waals surface area contributed by atoms with Gasteiger partial charge in [-0.25, -0.2) is 13.8 Å². The third kappa shape index (κ3) is 6.33. The summed E-state index contributed by atoms with van der Waals surface area (Å²) in [6.45, 7) is -0.115. The van der Waals surface area contributed by atoms with Gasteiger partial charge in [0.2, 0.25) is 0 Å². The number of hydrogen-bond acceptors (Lipinski definition) is 5. The summed E-state index contributed by atoms with van der Waals surface area (Å²) in [5.74, 6) is 0. The molecule has 2 aliphatic carbocycles. The number of halogens is 3. The molecular formula is C24H32F3N6NaO3S. The van der Waals surface area contributed by atoms with E-state index in [1.807, 2.05) is 11.9 Å². The average molecular weight is 565 g/mol. The molecule has 1 aromatic carbocycles. The third-order valence-electron chi connectivity index (χ3n) is 7.43. The van der Waals surface area contributed by atoms with E-state index in [0.717, 1.165) is 66.4 Å². The second-order valence-corrected chi connectivity index (χ2v) is 11.7. The molecule has 3 aliphatic rings. The van der Waals surface area contributed by atoms with Crippen molar-refractivity contribution in [3.05, 3.63) is 40.7 Å². The van der Waals surface area contributed by atoms with E-state index >= 15 is 0 Å². The van der Waals surface area contributed by atoms with Gasteiger partial charge in [0.05, 0.1) is 11.9 Å². The molecule has 1 aliphatic heterocycles. The maximum absolute atomic E-state index is 13.6. The molecule has 1 aromatic heterocycles. The van der Waals surface area contributed by atoms with Gasteiger partial charge in [0.15, 0.2) is 0 Å². The van der Waals surface area contributed by atoms with Crippen LogP contribution in [0.5, 0.6) is 0 Å². The number of urea groups is 1. The Kier molecular flexibility index (Phi) is 8.73. The Hall–Kier alpha value is -1.80. The topological polar surface area (TPSA) is 99.6 Å². The van der Waals surface area contributed by atoms with Crippen molar-refractivity contribution in [2.75, 3.05) is 29.8 Å². The molecule has 2 N–H and O–H groups in total. The van der Waals surface area contributed by atoms with E-state index in [4.69, 9.17) is 0 Å². The number of alkyl halides is 3. The van der Waals surface area contributed by atoms with E-state index in [1.54, 1.807) is 0 Å². The Morgan fingerprint density at radius 2 is 1.74 bits per heavy atom. The fraction of sp³-hybridized carbons (Fsp3) is 0.583. The van der Waals surface area contributed by atoms with Crippen LogP contribution < -0.4 is 43.9 Å². The second-order valence-electron chi connectivity index (χ2n) is 10.1. The van der Waals surface area contributed by atoms with Crippen molar-refractivity contribution < 1.29 is 57.4 Å². The number of anilines is 2. The molecule has 0 spiro atoms. The minimum absolute atomic E-state index is 0. The smallest absolute Gasteiger partial charge is 1.00 e. The summed E-state index contributed by atoms with van der Waals surface area (Å²) in [7, 11) is -2.54. The predicted octanol–water partition coefficient (Wildman–Crippen LogP) is 0.506. The molecule has 1 saturated heterocycles. The molecule has 2 heterocycles. The first-order valence-corrected chi connectivity index (χ1v) is 14.0. The van der Waals surface area contributed by atoms with Crippen molar-refractivity contribution in [2.24, 2.45) is 0 Å². The van der Waals surface area contributed by atoms with Gasteiger partial charge in [-0.2, -0.15) is 26.7 Å². The van der Waals surface area contributed by atoms with Crippen LogP contribution >= 0.6 is 0 Å². The quantitative estimate of drug-likeness (QED) is 0.499. The molecule has 0 bridgehead atoms. The standard InChI is InChI=1S/C24H31F3N6O3S.Na.H/c1-31-10-8-18(9-11-31)33(19-13-28-32(14-19)15-24(25,26)27)37(35,36)30-23(34)29-22-20-6-2-4-16(20)12-17-5-3-7-21(17)22;;/h12-14,18H,2-11,15H2,1H3,(H2,29,30,34);;/q;+1;-1. The van der Waals surface area contributed by atoms with Gasteiger partial charge in [-0.15, -0.1) is 0 Å². The number of amides is 2. The molecule has 14 heteroatoms. The Balaban J connectivity index is 0.00000210. The second kappa shape index (κ2) is 11.4. The maximum atomic E-state index is 13.6. The van der Waals surface area contributed by atoms with Gasteiger partial charge in [-0.3, -0.25) is 4.68 Å². The molecule has 0 atom stereocenters. The molecule has 0 radical (unpaired) electrons. The number of rotatable bonds is 6. The molecule has 9 nitrogen and oxygen atoms in total. The molecule has 0 unspecified atom stereocenters. The normalized spacial score (nSPS) is 18.0. The summed E-state index contributed by atoms with van der Waals surface area (Å²) < 4.78 is 69.6. The summed E-state index contributed by atoms with van der Waals surface area (Å²) in [6.07, 6.45) is 4.05. The van der Waals surface area contributed by atoms with Gasteiger partial charge in [0, 0.05) is 17.9 Å². The number of nitrogens with one attached hydrogen (secondary N) is 2. The first kappa shape index (κ1) is 29.2. The number of carbonyl (C=O) groups is 1. The molecular weight excluding hydrogens is 532 g/mol.